The number of carbonyl (C=O) groups is 1. The summed E-state index contributed by atoms with van der Waals surface area (Å²) in [4.78, 5) is 18.7. The summed E-state index contributed by atoms with van der Waals surface area (Å²) in [5, 5.41) is 0. The Morgan fingerprint density at radius 1 is 1.24 bits per heavy atom. The van der Waals surface area contributed by atoms with E-state index in [1.165, 1.54) is 32.0 Å². The molecule has 2 rings (SSSR count). The Hall–Kier alpha value is -1.22. The van der Waals surface area contributed by atoms with E-state index in [-0.39, 0.29) is 5.41 Å². The monoisotopic (exact) mass is 288 g/mol. The van der Waals surface area contributed by atoms with Crippen LogP contribution < -0.4 is 0 Å². The minimum absolute atomic E-state index is 0.129. The normalized spacial score (nSPS) is 18.4. The molecular weight excluding hydrogens is 260 g/mol. The zero-order valence-corrected chi connectivity index (χ0v) is 13.5. The molecule has 116 valence electrons. The number of pyridine rings is 1. The van der Waals surface area contributed by atoms with Gasteiger partial charge in [-0.1, -0.05) is 38.7 Å². The van der Waals surface area contributed by atoms with Gasteiger partial charge in [0.15, 0.2) is 0 Å². The van der Waals surface area contributed by atoms with Gasteiger partial charge in [0.1, 0.15) is 6.29 Å². The second-order valence-electron chi connectivity index (χ2n) is 6.47. The summed E-state index contributed by atoms with van der Waals surface area (Å²) in [6, 6.07) is 6.17. The van der Waals surface area contributed by atoms with Crippen LogP contribution in [0.15, 0.2) is 18.2 Å². The highest BCUT2D eigenvalue weighted by Gasteiger charge is 2.32. The molecule has 1 aliphatic rings. The molecule has 0 spiro atoms. The number of hydrogen-bond acceptors (Lipinski definition) is 3. The standard InChI is InChI=1S/C18H28N2O/c1-3-20(13-17-10-8-9-16(2)19-17)14-18(15-21)11-6-4-5-7-12-18/h8-10,15H,3-7,11-14H2,1-2H3. The van der Waals surface area contributed by atoms with Gasteiger partial charge in [-0.05, 0) is 38.4 Å². The van der Waals surface area contributed by atoms with E-state index >= 15 is 0 Å². The summed E-state index contributed by atoms with van der Waals surface area (Å²) < 4.78 is 0. The first kappa shape index (κ1) is 16.2. The molecule has 3 heteroatoms. The molecule has 0 unspecified atom stereocenters. The third-order valence-electron chi connectivity index (χ3n) is 4.67. The van der Waals surface area contributed by atoms with Gasteiger partial charge in [0, 0.05) is 24.2 Å². The van der Waals surface area contributed by atoms with Gasteiger partial charge in [0.2, 0.25) is 0 Å². The molecule has 0 atom stereocenters. The van der Waals surface area contributed by atoms with Crippen LogP contribution in [0.4, 0.5) is 0 Å². The van der Waals surface area contributed by atoms with E-state index in [0.717, 1.165) is 43.9 Å². The van der Waals surface area contributed by atoms with E-state index < -0.39 is 0 Å². The van der Waals surface area contributed by atoms with Crippen molar-refractivity contribution in [3.8, 4) is 0 Å². The number of aryl methyl sites for hydroxylation is 1. The van der Waals surface area contributed by atoms with Crippen molar-refractivity contribution in [2.24, 2.45) is 5.41 Å². The summed E-state index contributed by atoms with van der Waals surface area (Å²) >= 11 is 0. The van der Waals surface area contributed by atoms with Crippen molar-refractivity contribution in [2.45, 2.75) is 58.9 Å². The quantitative estimate of drug-likeness (QED) is 0.590. The molecule has 0 aliphatic heterocycles. The van der Waals surface area contributed by atoms with Gasteiger partial charge in [-0.2, -0.15) is 0 Å². The average molecular weight is 288 g/mol. The first-order valence-corrected chi connectivity index (χ1v) is 8.29. The molecule has 1 aromatic rings. The molecule has 1 fully saturated rings. The Balaban J connectivity index is 2.04. The van der Waals surface area contributed by atoms with Gasteiger partial charge in [0.05, 0.1) is 5.69 Å². The Morgan fingerprint density at radius 2 is 1.95 bits per heavy atom. The zero-order chi connectivity index (χ0) is 15.1. The summed E-state index contributed by atoms with van der Waals surface area (Å²) in [5.74, 6) is 0. The summed E-state index contributed by atoms with van der Waals surface area (Å²) in [6.45, 7) is 6.88. The van der Waals surface area contributed by atoms with E-state index in [1.54, 1.807) is 0 Å². The number of nitrogens with zero attached hydrogens (tertiary/aromatic N) is 2. The van der Waals surface area contributed by atoms with E-state index in [4.69, 9.17) is 0 Å². The van der Waals surface area contributed by atoms with Crippen LogP contribution in [0, 0.1) is 12.3 Å². The van der Waals surface area contributed by atoms with Crippen LogP contribution in [0.2, 0.25) is 0 Å². The Kier molecular flexibility index (Phi) is 5.92. The highest BCUT2D eigenvalue weighted by molar-refractivity contribution is 5.59. The van der Waals surface area contributed by atoms with Crippen molar-refractivity contribution < 1.29 is 4.79 Å². The zero-order valence-electron chi connectivity index (χ0n) is 13.5. The summed E-state index contributed by atoms with van der Waals surface area (Å²) in [7, 11) is 0. The largest absolute Gasteiger partial charge is 0.303 e. The molecular formula is C18H28N2O. The lowest BCUT2D eigenvalue weighted by molar-refractivity contribution is -0.118. The third-order valence-corrected chi connectivity index (χ3v) is 4.67. The first-order valence-electron chi connectivity index (χ1n) is 8.29. The minimum Gasteiger partial charge on any atom is -0.303 e. The molecule has 1 aliphatic carbocycles. The smallest absolute Gasteiger partial charge is 0.127 e. The second kappa shape index (κ2) is 7.69. The van der Waals surface area contributed by atoms with Crippen LogP contribution in [0.25, 0.3) is 0 Å². The third kappa shape index (κ3) is 4.63. The molecule has 1 saturated carbocycles. The molecule has 0 N–H and O–H groups in total. The maximum atomic E-state index is 11.8. The number of rotatable bonds is 6. The predicted octanol–water partition coefficient (Wildman–Crippen LogP) is 3.75. The van der Waals surface area contributed by atoms with Gasteiger partial charge in [-0.25, -0.2) is 0 Å². The van der Waals surface area contributed by atoms with Crippen LogP contribution in [-0.2, 0) is 11.3 Å². The van der Waals surface area contributed by atoms with Gasteiger partial charge in [0.25, 0.3) is 0 Å². The van der Waals surface area contributed by atoms with E-state index in [0.29, 0.717) is 0 Å². The topological polar surface area (TPSA) is 33.2 Å². The fraction of sp³-hybridized carbons (Fsp3) is 0.667. The molecule has 21 heavy (non-hydrogen) atoms. The SMILES string of the molecule is CCN(Cc1cccc(C)n1)CC1(C=O)CCCCCC1. The first-order chi connectivity index (χ1) is 10.2. The molecule has 0 radical (unpaired) electrons. The van der Waals surface area contributed by atoms with Gasteiger partial charge < -0.3 is 4.79 Å². The highest BCUT2D eigenvalue weighted by atomic mass is 16.1. The predicted molar refractivity (Wildman–Crippen MR) is 86.1 cm³/mol. The second-order valence-corrected chi connectivity index (χ2v) is 6.47. The fourth-order valence-corrected chi connectivity index (χ4v) is 3.39. The molecule has 1 aromatic heterocycles. The molecule has 3 nitrogen and oxygen atoms in total. The van der Waals surface area contributed by atoms with E-state index in [9.17, 15) is 4.79 Å². The van der Waals surface area contributed by atoms with Gasteiger partial charge in [-0.15, -0.1) is 0 Å². The lowest BCUT2D eigenvalue weighted by Crippen LogP contribution is -2.38. The van der Waals surface area contributed by atoms with Crippen molar-refractivity contribution in [3.63, 3.8) is 0 Å². The van der Waals surface area contributed by atoms with Crippen LogP contribution in [0.1, 0.15) is 56.8 Å². The van der Waals surface area contributed by atoms with E-state index in [1.807, 2.05) is 13.0 Å². The number of aromatic nitrogens is 1. The van der Waals surface area contributed by atoms with Crippen molar-refractivity contribution >= 4 is 6.29 Å². The van der Waals surface area contributed by atoms with Crippen molar-refractivity contribution in [1.29, 1.82) is 0 Å². The van der Waals surface area contributed by atoms with Gasteiger partial charge >= 0.3 is 0 Å². The Bertz CT molecular complexity index is 450. The fourth-order valence-electron chi connectivity index (χ4n) is 3.39. The molecule has 0 bridgehead atoms. The molecule has 0 amide bonds. The molecule has 0 aromatic carbocycles. The number of hydrogen-bond donors (Lipinski definition) is 0. The van der Waals surface area contributed by atoms with E-state index in [2.05, 4.69) is 28.9 Å². The number of carbonyl (C=O) groups excluding carboxylic acids is 1. The summed E-state index contributed by atoms with van der Waals surface area (Å²) in [5.41, 5.74) is 2.03. The van der Waals surface area contributed by atoms with Crippen LogP contribution in [-0.4, -0.2) is 29.3 Å². The van der Waals surface area contributed by atoms with Crippen molar-refractivity contribution in [2.75, 3.05) is 13.1 Å². The van der Waals surface area contributed by atoms with Crippen LogP contribution in [0.3, 0.4) is 0 Å². The lowest BCUT2D eigenvalue weighted by Gasteiger charge is -2.33. The lowest BCUT2D eigenvalue weighted by atomic mass is 9.81. The highest BCUT2D eigenvalue weighted by Crippen LogP contribution is 2.34. The minimum atomic E-state index is -0.129. The van der Waals surface area contributed by atoms with Crippen LogP contribution >= 0.6 is 0 Å². The summed E-state index contributed by atoms with van der Waals surface area (Å²) in [6.07, 6.45) is 8.29. The van der Waals surface area contributed by atoms with Crippen molar-refractivity contribution in [3.05, 3.63) is 29.6 Å². The molecule has 1 heterocycles. The number of aldehydes is 1. The van der Waals surface area contributed by atoms with Crippen LogP contribution in [0.5, 0.6) is 0 Å². The Labute approximate surface area is 128 Å². The average Bonchev–Trinajstić information content (AvgIpc) is 2.73. The van der Waals surface area contributed by atoms with Gasteiger partial charge in [-0.3, -0.25) is 9.88 Å². The van der Waals surface area contributed by atoms with Crippen molar-refractivity contribution in [1.82, 2.24) is 9.88 Å². The maximum Gasteiger partial charge on any atom is 0.127 e. The maximum absolute atomic E-state index is 11.8. The Morgan fingerprint density at radius 3 is 2.52 bits per heavy atom. The molecule has 0 saturated heterocycles.